The molecule has 2 aliphatic rings. The van der Waals surface area contributed by atoms with Gasteiger partial charge in [-0.05, 0) is 126 Å². The SMILES string of the molecule is CCCCCCCCCCCCC(CCCCCCCCCC)CN(C=O)c1cc2c3c\c1=C(C)/C(S)=C/C=C/C(C)(C)CCCCCCCCCCC(CCCCCCCCCCCC)CN3C(=O)C=2c1ccc(-c2ccc3cc(C(C)(C)C)ccc3c2)s1. The van der Waals surface area contributed by atoms with E-state index in [0.717, 1.165) is 79.7 Å². The van der Waals surface area contributed by atoms with E-state index in [1.807, 2.05) is 0 Å². The van der Waals surface area contributed by atoms with Crippen molar-refractivity contribution >= 4 is 69.6 Å². The summed E-state index contributed by atoms with van der Waals surface area (Å²) < 4.78 is 0. The summed E-state index contributed by atoms with van der Waals surface area (Å²) in [7, 11) is 0. The number of anilines is 2. The lowest BCUT2D eigenvalue weighted by Gasteiger charge is -2.28. The Balaban J connectivity index is 1.45. The fraction of sp³-hybridized carbons (Fsp3) is 0.667. The van der Waals surface area contributed by atoms with Crippen LogP contribution in [0, 0.1) is 17.3 Å². The van der Waals surface area contributed by atoms with E-state index in [2.05, 4.69) is 151 Å². The topological polar surface area (TPSA) is 40.6 Å². The van der Waals surface area contributed by atoms with Crippen molar-refractivity contribution in [3.05, 3.63) is 105 Å². The van der Waals surface area contributed by atoms with E-state index in [1.165, 1.54) is 259 Å². The van der Waals surface area contributed by atoms with Gasteiger partial charge in [0.25, 0.3) is 5.91 Å². The van der Waals surface area contributed by atoms with Crippen LogP contribution in [0.15, 0.2) is 83.8 Å². The number of unbranched alkanes of at least 4 members (excludes halogenated alkanes) is 25. The Labute approximate surface area is 561 Å². The monoisotopic (exact) mass is 1260 g/mol. The number of carbonyl (C=O) groups excluding carboxylic acids is 2. The molecule has 3 aromatic carbocycles. The molecule has 0 saturated heterocycles. The van der Waals surface area contributed by atoms with Crippen LogP contribution in [0.5, 0.6) is 0 Å². The summed E-state index contributed by atoms with van der Waals surface area (Å²) in [5, 5.41) is 4.45. The molecule has 6 rings (SSSR count). The quantitative estimate of drug-likeness (QED) is 0.0278. The van der Waals surface area contributed by atoms with Crippen molar-refractivity contribution in [2.75, 3.05) is 22.9 Å². The van der Waals surface area contributed by atoms with Crippen LogP contribution >= 0.6 is 24.0 Å². The molecule has 90 heavy (non-hydrogen) atoms. The van der Waals surface area contributed by atoms with Crippen LogP contribution in [0.4, 0.5) is 11.4 Å². The average Bonchev–Trinajstić information content (AvgIpc) is 1.60. The van der Waals surface area contributed by atoms with E-state index in [0.29, 0.717) is 24.9 Å². The maximum absolute atomic E-state index is 16.0. The fourth-order valence-electron chi connectivity index (χ4n) is 14.4. The van der Waals surface area contributed by atoms with Crippen LogP contribution in [0.3, 0.4) is 0 Å². The minimum absolute atomic E-state index is 0.0732. The molecule has 1 aromatic heterocycles. The summed E-state index contributed by atoms with van der Waals surface area (Å²) in [6.45, 7) is 22.1. The Morgan fingerprint density at radius 1 is 0.611 bits per heavy atom. The molecule has 2 unspecified atom stereocenters. The van der Waals surface area contributed by atoms with Crippen molar-refractivity contribution in [3.8, 4) is 10.4 Å². The number of amides is 2. The Kier molecular flexibility index (Phi) is 34.9. The van der Waals surface area contributed by atoms with E-state index in [-0.39, 0.29) is 16.7 Å². The van der Waals surface area contributed by atoms with Gasteiger partial charge in [-0.25, -0.2) is 0 Å². The van der Waals surface area contributed by atoms with Gasteiger partial charge in [0.1, 0.15) is 0 Å². The lowest BCUT2D eigenvalue weighted by Crippen LogP contribution is -2.36. The van der Waals surface area contributed by atoms with Gasteiger partial charge in [-0.2, -0.15) is 0 Å². The van der Waals surface area contributed by atoms with Crippen LogP contribution in [-0.2, 0) is 15.0 Å². The molecule has 6 heteroatoms. The van der Waals surface area contributed by atoms with Crippen molar-refractivity contribution in [1.29, 1.82) is 0 Å². The number of fused-ring (bicyclic) bond motifs is 2. The highest BCUT2D eigenvalue weighted by Gasteiger charge is 2.34. The Hall–Kier alpha value is -3.87. The second kappa shape index (κ2) is 41.8. The number of allylic oxidation sites excluding steroid dienone is 4. The van der Waals surface area contributed by atoms with Crippen LogP contribution in [0.25, 0.3) is 32.4 Å². The predicted molar refractivity (Wildman–Crippen MR) is 402 cm³/mol. The maximum Gasteiger partial charge on any atom is 0.260 e. The third-order valence-corrected chi connectivity index (χ3v) is 22.1. The van der Waals surface area contributed by atoms with Gasteiger partial charge < -0.3 is 9.80 Å². The van der Waals surface area contributed by atoms with Gasteiger partial charge in [-0.1, -0.05) is 329 Å². The zero-order valence-corrected chi connectivity index (χ0v) is 60.9. The minimum Gasteiger partial charge on any atom is -0.314 e. The molecule has 0 N–H and O–H groups in total. The average molecular weight is 1260 g/mol. The molecule has 3 heterocycles. The van der Waals surface area contributed by atoms with Crippen LogP contribution in [0.2, 0.25) is 0 Å². The first-order chi connectivity index (χ1) is 43.7. The number of hydrogen-bond acceptors (Lipinski definition) is 4. The van der Waals surface area contributed by atoms with E-state index < -0.39 is 0 Å². The highest BCUT2D eigenvalue weighted by Crippen LogP contribution is 2.39. The number of rotatable bonds is 37. The second-order valence-corrected chi connectivity index (χ2v) is 31.5. The number of hydrogen-bond donors (Lipinski definition) is 1. The molecule has 0 aliphatic carbocycles. The summed E-state index contributed by atoms with van der Waals surface area (Å²) in [5.41, 5.74) is 6.37. The molecular weight excluding hydrogens is 1130 g/mol. The lowest BCUT2D eigenvalue weighted by molar-refractivity contribution is -0.113. The molecule has 0 radical (unpaired) electrons. The highest BCUT2D eigenvalue weighted by molar-refractivity contribution is 7.85. The van der Waals surface area contributed by atoms with E-state index >= 15 is 4.79 Å². The first kappa shape index (κ1) is 75.2. The van der Waals surface area contributed by atoms with E-state index in [9.17, 15) is 4.79 Å². The van der Waals surface area contributed by atoms with Gasteiger partial charge in [0.05, 0.1) is 16.9 Å². The van der Waals surface area contributed by atoms with Crippen molar-refractivity contribution in [2.24, 2.45) is 17.3 Å². The van der Waals surface area contributed by atoms with E-state index in [1.54, 1.807) is 11.3 Å². The van der Waals surface area contributed by atoms with Gasteiger partial charge in [0.15, 0.2) is 0 Å². The molecule has 0 saturated carbocycles. The molecule has 2 bridgehead atoms. The van der Waals surface area contributed by atoms with Gasteiger partial charge in [0.2, 0.25) is 6.41 Å². The molecule has 0 fully saturated rings. The number of thiophene rings is 1. The van der Waals surface area contributed by atoms with Crippen molar-refractivity contribution < 1.29 is 9.59 Å². The summed E-state index contributed by atoms with van der Waals surface area (Å²) in [6, 6.07) is 22.8. The third kappa shape index (κ3) is 25.8. The largest absolute Gasteiger partial charge is 0.314 e. The standard InChI is InChI=1S/C84H130N2O2S2/c1-10-13-16-19-22-25-27-32-37-42-48-68(47-41-36-31-24-21-18-15-12-3)64-85(66-87)76-63-75-77-62-74(76)67(4)78(89)51-46-59-84(8,9)58-45-40-35-30-29-34-39-44-50-69(49-43-38-33-28-26-23-20-17-14-11-2)65-86(77)82(88)81(75)80-57-56-79(90-80)72-53-52-71-61-73(83(5,6)7)55-54-70(71)60-72/h46,51-57,59-63,66,68-69,89H,10-45,47-50,58,64-65H2,1-9H3/b59-46+,74-67+,78-51-. The van der Waals surface area contributed by atoms with Crippen LogP contribution in [-0.4, -0.2) is 25.4 Å². The van der Waals surface area contributed by atoms with Gasteiger partial charge in [0, 0.05) is 38.2 Å². The second-order valence-electron chi connectivity index (χ2n) is 30.0. The van der Waals surface area contributed by atoms with Gasteiger partial charge >= 0.3 is 0 Å². The fourth-order valence-corrected chi connectivity index (χ4v) is 15.7. The van der Waals surface area contributed by atoms with Crippen LogP contribution in [0.1, 0.15) is 336 Å². The Morgan fingerprint density at radius 2 is 1.12 bits per heavy atom. The molecule has 500 valence electrons. The lowest BCUT2D eigenvalue weighted by atomic mass is 9.86. The van der Waals surface area contributed by atoms with Crippen molar-refractivity contribution in [1.82, 2.24) is 0 Å². The molecule has 0 spiro atoms. The summed E-state index contributed by atoms with van der Waals surface area (Å²) in [6.07, 6.45) is 60.8. The number of nitrogens with zero attached hydrogens (tertiary/aromatic N) is 2. The highest BCUT2D eigenvalue weighted by atomic mass is 32.1. The Bertz CT molecular complexity index is 2900. The molecule has 2 amide bonds. The number of benzene rings is 3. The zero-order chi connectivity index (χ0) is 64.4. The van der Waals surface area contributed by atoms with Crippen molar-refractivity contribution in [2.45, 2.75) is 331 Å². The maximum atomic E-state index is 16.0. The first-order valence-corrected chi connectivity index (χ1v) is 39.1. The molecule has 4 aromatic rings. The normalized spacial score (nSPS) is 18.3. The van der Waals surface area contributed by atoms with Crippen LogP contribution < -0.4 is 20.2 Å². The van der Waals surface area contributed by atoms with Gasteiger partial charge in [-0.3, -0.25) is 9.59 Å². The smallest absolute Gasteiger partial charge is 0.260 e. The van der Waals surface area contributed by atoms with Gasteiger partial charge in [-0.15, -0.1) is 24.0 Å². The number of thiol groups is 1. The zero-order valence-electron chi connectivity index (χ0n) is 59.2. The predicted octanol–water partition coefficient (Wildman–Crippen LogP) is 25.2. The molecule has 2 atom stereocenters. The third-order valence-electron chi connectivity index (χ3n) is 20.5. The molecule has 4 nitrogen and oxygen atoms in total. The summed E-state index contributed by atoms with van der Waals surface area (Å²) >= 11 is 7.08. The minimum atomic E-state index is 0.0732. The van der Waals surface area contributed by atoms with Crippen molar-refractivity contribution in [3.63, 3.8) is 0 Å². The molecule has 2 aliphatic heterocycles. The first-order valence-electron chi connectivity index (χ1n) is 37.8. The van der Waals surface area contributed by atoms with E-state index in [4.69, 9.17) is 12.6 Å². The number of carbonyl (C=O) groups is 2. The summed E-state index contributed by atoms with van der Waals surface area (Å²) in [5.74, 6) is 0.893. The molecular formula is C84H130N2O2S2. The summed E-state index contributed by atoms with van der Waals surface area (Å²) in [4.78, 5) is 37.6. The Morgan fingerprint density at radius 3 is 1.69 bits per heavy atom.